The minimum atomic E-state index is -4.92. The molecule has 0 rings (SSSR count). The molecule has 0 saturated carbocycles. The van der Waals surface area contributed by atoms with Crippen molar-refractivity contribution in [3.05, 3.63) is 0 Å². The predicted molar refractivity (Wildman–Crippen MR) is 54.4 cm³/mol. The zero-order valence-electron chi connectivity index (χ0n) is 9.46. The van der Waals surface area contributed by atoms with Gasteiger partial charge < -0.3 is 77.9 Å². The van der Waals surface area contributed by atoms with E-state index in [4.69, 9.17) is 17.5 Å². The van der Waals surface area contributed by atoms with Crippen molar-refractivity contribution in [2.45, 2.75) is 0 Å². The van der Waals surface area contributed by atoms with Crippen molar-refractivity contribution in [3.8, 4) is 0 Å². The Bertz CT molecular complexity index is 105. The van der Waals surface area contributed by atoms with Crippen molar-refractivity contribution in [1.29, 1.82) is 0 Å². The van der Waals surface area contributed by atoms with Crippen LogP contribution in [0.2, 0.25) is 0 Å². The largest absolute Gasteiger partial charge is 1.00 e. The van der Waals surface area contributed by atoms with Gasteiger partial charge in [0, 0.05) is 0 Å². The summed E-state index contributed by atoms with van der Waals surface area (Å²) in [4.78, 5) is 0. The second kappa shape index (κ2) is 110. The molecule has 0 aliphatic heterocycles. The molecule has 0 aromatic heterocycles. The monoisotopic (exact) mass is 353 g/mol. The average Bonchev–Trinajstić information content (AvgIpc) is 0.722. The van der Waals surface area contributed by atoms with E-state index in [0.29, 0.717) is 0 Å². The molecule has 18 heavy (non-hydrogen) atoms. The van der Waals surface area contributed by atoms with E-state index in [1.165, 1.54) is 0 Å². The van der Waals surface area contributed by atoms with Crippen LogP contribution in [0.25, 0.3) is 0 Å². The van der Waals surface area contributed by atoms with E-state index in [0.717, 1.165) is 0 Å². The molecule has 18 heteroatoms. The summed E-state index contributed by atoms with van der Waals surface area (Å²) in [5, 5.41) is 0. The molecule has 0 amide bonds. The quantitative estimate of drug-likeness (QED) is 0.243. The summed E-state index contributed by atoms with van der Waals surface area (Å²) in [5.74, 6) is 0. The van der Waals surface area contributed by atoms with Crippen LogP contribution in [0.4, 0.5) is 0 Å². The summed E-state index contributed by atoms with van der Waals surface area (Å²) < 4.78 is 32.8. The molecular weight excluding hydrogens is 329 g/mol. The second-order valence-electron chi connectivity index (χ2n) is 0.428. The Morgan fingerprint density at radius 3 is 0.667 bits per heavy atom. The van der Waals surface area contributed by atoms with E-state index in [9.17, 15) is 0 Å². The van der Waals surface area contributed by atoms with Crippen LogP contribution >= 0.6 is 0 Å². The summed E-state index contributed by atoms with van der Waals surface area (Å²) in [6, 6.07) is 0. The van der Waals surface area contributed by atoms with Crippen LogP contribution in [-0.2, 0) is 10.4 Å². The minimum Gasteiger partial charge on any atom is -1.00 e. The topological polar surface area (TPSA) is 429 Å². The SMILES string of the molecule is O.O.O.O.O.O.O.O.O.O.O=S(=O)([O-])O.[Cl-].[NH4+].[Na+]. The van der Waals surface area contributed by atoms with Crippen LogP contribution in [0.15, 0.2) is 0 Å². The van der Waals surface area contributed by atoms with E-state index < -0.39 is 10.4 Å². The Labute approximate surface area is 131 Å². The first-order chi connectivity index (χ1) is 2.00. The molecule has 128 valence electrons. The molecule has 0 aromatic rings. The maximum atomic E-state index is 8.63. The van der Waals surface area contributed by atoms with Gasteiger partial charge in [-0.15, -0.1) is 0 Å². The summed E-state index contributed by atoms with van der Waals surface area (Å²) >= 11 is 0. The molecule has 0 aliphatic rings. The van der Waals surface area contributed by atoms with Crippen LogP contribution in [0.1, 0.15) is 0 Å². The van der Waals surface area contributed by atoms with Crippen molar-refractivity contribution in [1.82, 2.24) is 6.15 Å². The van der Waals surface area contributed by atoms with Crippen LogP contribution < -0.4 is 48.1 Å². The molecule has 0 aliphatic carbocycles. The van der Waals surface area contributed by atoms with Gasteiger partial charge in [-0.3, -0.25) is 4.55 Å². The summed E-state index contributed by atoms with van der Waals surface area (Å²) in [6.07, 6.45) is 0. The smallest absolute Gasteiger partial charge is 1.00 e. The molecule has 0 radical (unpaired) electrons. The Balaban J connectivity index is -0.00000000103. The third-order valence-electron chi connectivity index (χ3n) is 0. The minimum absolute atomic E-state index is 0. The van der Waals surface area contributed by atoms with Crippen LogP contribution in [0, 0.1) is 0 Å². The summed E-state index contributed by atoms with van der Waals surface area (Å²) in [5.41, 5.74) is 0. The molecule has 0 atom stereocenters. The van der Waals surface area contributed by atoms with E-state index in [2.05, 4.69) is 0 Å². The van der Waals surface area contributed by atoms with Crippen molar-refractivity contribution in [2.24, 2.45) is 0 Å². The second-order valence-corrected chi connectivity index (χ2v) is 1.28. The van der Waals surface area contributed by atoms with Crippen LogP contribution in [-0.4, -0.2) is 72.3 Å². The average molecular weight is 354 g/mol. The fourth-order valence-electron chi connectivity index (χ4n) is 0. The predicted octanol–water partition coefficient (Wildman–Crippen LogP) is -14.9. The Hall–Kier alpha value is 0.720. The zero-order chi connectivity index (χ0) is 4.50. The molecule has 0 bridgehead atoms. The van der Waals surface area contributed by atoms with Gasteiger partial charge in [-0.05, 0) is 0 Å². The summed E-state index contributed by atoms with van der Waals surface area (Å²) in [7, 11) is -4.92. The van der Waals surface area contributed by atoms with Gasteiger partial charge in [-0.2, -0.15) is 0 Å². The van der Waals surface area contributed by atoms with Gasteiger partial charge in [0.15, 0.2) is 0 Å². The normalized spacial score (nSPS) is 3.22. The van der Waals surface area contributed by atoms with Crippen molar-refractivity contribution >= 4 is 10.4 Å². The molecule has 0 saturated heterocycles. The molecule has 15 nitrogen and oxygen atoms in total. The zero-order valence-corrected chi connectivity index (χ0v) is 13.0. The van der Waals surface area contributed by atoms with Gasteiger partial charge in [0.05, 0.1) is 0 Å². The molecule has 0 heterocycles. The third-order valence-corrected chi connectivity index (χ3v) is 0. The molecule has 0 spiro atoms. The van der Waals surface area contributed by atoms with E-state index in [1.807, 2.05) is 0 Å². The Morgan fingerprint density at radius 1 is 0.667 bits per heavy atom. The molecule has 25 N–H and O–H groups in total. The van der Waals surface area contributed by atoms with E-state index in [-0.39, 0.29) is 103 Å². The van der Waals surface area contributed by atoms with Crippen LogP contribution in [0.5, 0.6) is 0 Å². The number of rotatable bonds is 0. The van der Waals surface area contributed by atoms with E-state index >= 15 is 0 Å². The fourth-order valence-corrected chi connectivity index (χ4v) is 0. The first kappa shape index (κ1) is 264. The number of hydrogen-bond acceptors (Lipinski definition) is 3. The molecule has 0 aromatic carbocycles. The first-order valence-electron chi connectivity index (χ1n) is 0.683. The van der Waals surface area contributed by atoms with Crippen LogP contribution in [0.3, 0.4) is 0 Å². The molecule has 0 fully saturated rings. The number of hydrogen-bond donors (Lipinski definition) is 2. The third kappa shape index (κ3) is 7970. The Morgan fingerprint density at radius 2 is 0.667 bits per heavy atom. The van der Waals surface area contributed by atoms with Crippen molar-refractivity contribution < 1.29 is 114 Å². The van der Waals surface area contributed by atoms with Gasteiger partial charge in [0.25, 0.3) is 0 Å². The maximum absolute atomic E-state index is 8.63. The van der Waals surface area contributed by atoms with Crippen molar-refractivity contribution in [3.63, 3.8) is 0 Å². The van der Waals surface area contributed by atoms with E-state index in [1.54, 1.807) is 0 Å². The van der Waals surface area contributed by atoms with Crippen molar-refractivity contribution in [2.75, 3.05) is 0 Å². The van der Waals surface area contributed by atoms with Gasteiger partial charge in [0.2, 0.25) is 10.4 Å². The fraction of sp³-hybridized carbons (Fsp3) is 0. The maximum Gasteiger partial charge on any atom is 1.00 e. The summed E-state index contributed by atoms with van der Waals surface area (Å²) in [6.45, 7) is 0. The van der Waals surface area contributed by atoms with Gasteiger partial charge in [0.1, 0.15) is 0 Å². The standard InChI is InChI=1S/ClH.H3N.Na.H2O4S.10H2O/c;;;1-5(2,3)4;;;;;;;;;;/h1H;1H3;;(H2,1,2,3,4);10*1H2/q;;+1;;;;;;;;;;;/p-1. The van der Waals surface area contributed by atoms with Gasteiger partial charge >= 0.3 is 29.6 Å². The number of halogens is 1. The van der Waals surface area contributed by atoms with Gasteiger partial charge in [-0.25, -0.2) is 8.42 Å². The first-order valence-corrected chi connectivity index (χ1v) is 2.05. The van der Waals surface area contributed by atoms with Gasteiger partial charge in [-0.1, -0.05) is 0 Å². The molecule has 0 unspecified atom stereocenters. The Kier molecular flexibility index (Phi) is 1610. The number of quaternary nitrogens is 1. The molecular formula is H25ClNNaO14S.